The van der Waals surface area contributed by atoms with E-state index in [0.717, 1.165) is 6.07 Å². The second-order valence-electron chi connectivity index (χ2n) is 15.8. The van der Waals surface area contributed by atoms with Gasteiger partial charge in [0.05, 0.1) is 56.9 Å². The number of hydrogen-bond donors (Lipinski definition) is 4. The third kappa shape index (κ3) is 6.13. The molecule has 56 heavy (non-hydrogen) atoms. The first-order valence-corrected chi connectivity index (χ1v) is 19.5. The minimum Gasteiger partial charge on any atom is -0.394 e. The SMILES string of the molecule is O=C(N[C@@H]1CC[C@@H](CO)OC1)[C@H]1[C@H](c2cc(F)cc(Cl)c2)C2(C(=O)Nc3cc(Cl)ccc32)C2(CC(CF)(CF)C2)N1[C@H](c1ccccc1)[C@@H](O)c1ccccc1. The number of alkyl halides is 2. The minimum absolute atomic E-state index is 0.0201. The molecule has 2 spiro atoms. The quantitative estimate of drug-likeness (QED) is 0.133. The van der Waals surface area contributed by atoms with Crippen molar-refractivity contribution >= 4 is 40.7 Å². The Hall–Kier alpha value is -3.97. The summed E-state index contributed by atoms with van der Waals surface area (Å²) in [6.07, 6.45) is -1.22. The first kappa shape index (κ1) is 38.9. The highest BCUT2D eigenvalue weighted by Gasteiger charge is 2.81. The smallest absolute Gasteiger partial charge is 0.238 e. The number of likely N-dealkylation sites (tertiary alicyclic amines) is 1. The highest BCUT2D eigenvalue weighted by Crippen LogP contribution is 2.74. The molecule has 0 radical (unpaired) electrons. The van der Waals surface area contributed by atoms with Crippen LogP contribution >= 0.6 is 23.2 Å². The van der Waals surface area contributed by atoms with Crippen molar-refractivity contribution in [1.82, 2.24) is 10.2 Å². The summed E-state index contributed by atoms with van der Waals surface area (Å²) in [7, 11) is 0. The van der Waals surface area contributed by atoms with Crippen molar-refractivity contribution in [2.45, 2.75) is 72.9 Å². The highest BCUT2D eigenvalue weighted by molar-refractivity contribution is 6.31. The number of nitrogens with zero attached hydrogens (tertiary/aromatic N) is 1. The van der Waals surface area contributed by atoms with Gasteiger partial charge >= 0.3 is 0 Å². The third-order valence-corrected chi connectivity index (χ3v) is 13.0. The van der Waals surface area contributed by atoms with Crippen molar-refractivity contribution in [3.05, 3.63) is 135 Å². The molecule has 4 aromatic carbocycles. The van der Waals surface area contributed by atoms with Crippen molar-refractivity contribution in [2.75, 3.05) is 31.9 Å². The number of halogens is 5. The molecule has 4 aromatic rings. The molecule has 3 heterocycles. The number of amides is 2. The predicted molar refractivity (Wildman–Crippen MR) is 206 cm³/mol. The molecule has 1 saturated carbocycles. The topological polar surface area (TPSA) is 111 Å². The summed E-state index contributed by atoms with van der Waals surface area (Å²) < 4.78 is 52.1. The lowest BCUT2D eigenvalue weighted by Crippen LogP contribution is -2.72. The van der Waals surface area contributed by atoms with E-state index in [0.29, 0.717) is 40.2 Å². The fraction of sp³-hybridized carbons (Fsp3) is 0.395. The van der Waals surface area contributed by atoms with Crippen LogP contribution < -0.4 is 10.6 Å². The number of nitrogens with one attached hydrogen (secondary N) is 2. The van der Waals surface area contributed by atoms with Crippen LogP contribution in [0.5, 0.6) is 0 Å². The Labute approximate surface area is 333 Å². The van der Waals surface area contributed by atoms with E-state index in [9.17, 15) is 10.2 Å². The Morgan fingerprint density at radius 1 is 0.929 bits per heavy atom. The van der Waals surface area contributed by atoms with Crippen LogP contribution in [0.4, 0.5) is 18.9 Å². The van der Waals surface area contributed by atoms with E-state index in [4.69, 9.17) is 27.9 Å². The van der Waals surface area contributed by atoms with Gasteiger partial charge in [0, 0.05) is 32.6 Å². The van der Waals surface area contributed by atoms with Gasteiger partial charge in [-0.2, -0.15) is 0 Å². The zero-order valence-corrected chi connectivity index (χ0v) is 31.8. The molecule has 3 aliphatic heterocycles. The lowest BCUT2D eigenvalue weighted by Gasteiger charge is -2.63. The average molecular weight is 809 g/mol. The molecule has 4 N–H and O–H groups in total. The Bertz CT molecular complexity index is 2070. The van der Waals surface area contributed by atoms with Gasteiger partial charge < -0.3 is 25.6 Å². The fourth-order valence-corrected chi connectivity index (χ4v) is 10.7. The van der Waals surface area contributed by atoms with E-state index >= 15 is 22.8 Å². The summed E-state index contributed by atoms with van der Waals surface area (Å²) in [5.74, 6) is -3.05. The van der Waals surface area contributed by atoms with Crippen LogP contribution in [0, 0.1) is 11.2 Å². The van der Waals surface area contributed by atoms with Crippen molar-refractivity contribution in [3.8, 4) is 0 Å². The standard InChI is InChI=1S/C43H42Cl2F3N3O5/c44-28-11-14-33-34(18-28)50-40(55)43(33)35(27-15-29(45)17-30(48)16-27)37(39(54)49-31-12-13-32(19-52)56-20-31)51(42(43)21-41(22-42,23-46)24-47)36(25-7-3-1-4-8-25)38(53)26-9-5-2-6-10-26/h1-11,14-18,31-32,35-38,52-53H,12-13,19-24H2,(H,49,54)(H,50,55)/t31-,32+,35+,36-,37-,38+,43?/m1/s1. The number of aliphatic hydroxyl groups is 2. The first-order chi connectivity index (χ1) is 27.0. The largest absolute Gasteiger partial charge is 0.394 e. The van der Waals surface area contributed by atoms with Gasteiger partial charge in [0.15, 0.2) is 0 Å². The number of aliphatic hydroxyl groups excluding tert-OH is 2. The van der Waals surface area contributed by atoms with E-state index in [1.807, 2.05) is 11.0 Å². The summed E-state index contributed by atoms with van der Waals surface area (Å²) >= 11 is 13.1. The number of anilines is 1. The Balaban J connectivity index is 1.45. The number of rotatable bonds is 10. The second kappa shape index (κ2) is 15.1. The molecule has 13 heteroatoms. The highest BCUT2D eigenvalue weighted by atomic mass is 35.5. The average Bonchev–Trinajstić information content (AvgIpc) is 3.63. The molecule has 2 saturated heterocycles. The third-order valence-electron chi connectivity index (χ3n) is 12.5. The number of benzene rings is 4. The van der Waals surface area contributed by atoms with Crippen LogP contribution in [0.3, 0.4) is 0 Å². The van der Waals surface area contributed by atoms with E-state index in [2.05, 4.69) is 10.6 Å². The number of fused-ring (bicyclic) bond motifs is 3. The second-order valence-corrected chi connectivity index (χ2v) is 16.6. The molecule has 1 aliphatic carbocycles. The van der Waals surface area contributed by atoms with Gasteiger partial charge in [-0.25, -0.2) is 4.39 Å². The Morgan fingerprint density at radius 3 is 2.21 bits per heavy atom. The maximum absolute atomic E-state index is 15.7. The number of carbonyl (C=O) groups is 2. The van der Waals surface area contributed by atoms with Crippen LogP contribution in [0.15, 0.2) is 97.1 Å². The van der Waals surface area contributed by atoms with Crippen molar-refractivity contribution < 1.29 is 37.7 Å². The normalized spacial score (nSPS) is 27.4. The van der Waals surface area contributed by atoms with Crippen molar-refractivity contribution in [2.24, 2.45) is 5.41 Å². The summed E-state index contributed by atoms with van der Waals surface area (Å²) in [5, 5.41) is 28.9. The summed E-state index contributed by atoms with van der Waals surface area (Å²) in [6, 6.07) is 23.7. The van der Waals surface area contributed by atoms with Crippen LogP contribution in [-0.2, 0) is 19.7 Å². The van der Waals surface area contributed by atoms with E-state index in [1.165, 1.54) is 12.1 Å². The van der Waals surface area contributed by atoms with Crippen LogP contribution in [0.2, 0.25) is 10.0 Å². The molecule has 8 nitrogen and oxygen atoms in total. The maximum Gasteiger partial charge on any atom is 0.238 e. The van der Waals surface area contributed by atoms with Gasteiger partial charge in [-0.1, -0.05) is 89.9 Å². The zero-order chi connectivity index (χ0) is 39.4. The first-order valence-electron chi connectivity index (χ1n) is 18.8. The molecule has 2 amide bonds. The van der Waals surface area contributed by atoms with Crippen molar-refractivity contribution in [1.29, 1.82) is 0 Å². The molecular formula is C43H42Cl2F3N3O5. The maximum atomic E-state index is 15.7. The van der Waals surface area contributed by atoms with Crippen LogP contribution in [-0.4, -0.2) is 77.2 Å². The van der Waals surface area contributed by atoms with Crippen LogP contribution in [0.25, 0.3) is 0 Å². The van der Waals surface area contributed by atoms with Gasteiger partial charge in [0.1, 0.15) is 11.2 Å². The van der Waals surface area contributed by atoms with Crippen LogP contribution in [0.1, 0.15) is 66.0 Å². The summed E-state index contributed by atoms with van der Waals surface area (Å²) in [4.78, 5) is 32.7. The zero-order valence-electron chi connectivity index (χ0n) is 30.3. The summed E-state index contributed by atoms with van der Waals surface area (Å²) in [5.41, 5.74) is -2.80. The molecule has 0 bridgehead atoms. The monoisotopic (exact) mass is 807 g/mol. The van der Waals surface area contributed by atoms with Gasteiger partial charge in [0.25, 0.3) is 0 Å². The molecule has 294 valence electrons. The van der Waals surface area contributed by atoms with Gasteiger partial charge in [0.2, 0.25) is 11.8 Å². The Kier molecular flexibility index (Phi) is 10.5. The molecule has 4 aliphatic rings. The van der Waals surface area contributed by atoms with E-state index < -0.39 is 83.6 Å². The Morgan fingerprint density at radius 2 is 1.61 bits per heavy atom. The van der Waals surface area contributed by atoms with Gasteiger partial charge in [-0.15, -0.1) is 0 Å². The van der Waals surface area contributed by atoms with E-state index in [1.54, 1.807) is 72.8 Å². The van der Waals surface area contributed by atoms with Gasteiger partial charge in [-0.05, 0) is 78.3 Å². The van der Waals surface area contributed by atoms with Crippen molar-refractivity contribution in [3.63, 3.8) is 0 Å². The lowest BCUT2D eigenvalue weighted by atomic mass is 9.45. The number of ether oxygens (including phenoxy) is 1. The predicted octanol–water partition coefficient (Wildman–Crippen LogP) is 7.38. The molecule has 8 rings (SSSR count). The summed E-state index contributed by atoms with van der Waals surface area (Å²) in [6.45, 7) is -2.16. The molecule has 7 atom stereocenters. The number of hydrogen-bond acceptors (Lipinski definition) is 6. The molecule has 0 aromatic heterocycles. The minimum atomic E-state index is -1.80. The van der Waals surface area contributed by atoms with E-state index in [-0.39, 0.29) is 36.6 Å². The number of carbonyl (C=O) groups excluding carboxylic acids is 2. The fourth-order valence-electron chi connectivity index (χ4n) is 10.3. The molecular weight excluding hydrogens is 766 g/mol. The van der Waals surface area contributed by atoms with Gasteiger partial charge in [-0.3, -0.25) is 23.3 Å². The molecule has 3 fully saturated rings. The lowest BCUT2D eigenvalue weighted by molar-refractivity contribution is -0.166. The molecule has 1 unspecified atom stereocenters.